The van der Waals surface area contributed by atoms with Crippen molar-refractivity contribution in [3.63, 3.8) is 0 Å². The molecule has 1 fully saturated rings. The van der Waals surface area contributed by atoms with Crippen LogP contribution in [0.5, 0.6) is 0 Å². The van der Waals surface area contributed by atoms with Gasteiger partial charge in [-0.1, -0.05) is 19.1 Å². The molecule has 1 saturated carbocycles. The van der Waals surface area contributed by atoms with Crippen molar-refractivity contribution in [1.82, 2.24) is 5.32 Å². The van der Waals surface area contributed by atoms with Crippen LogP contribution in [0.25, 0.3) is 0 Å². The van der Waals surface area contributed by atoms with Gasteiger partial charge < -0.3 is 10.2 Å². The lowest BCUT2D eigenvalue weighted by molar-refractivity contribution is 0.424. The second-order valence-corrected chi connectivity index (χ2v) is 7.12. The molecular formula is C17H28N2. The van der Waals surface area contributed by atoms with E-state index in [-0.39, 0.29) is 5.54 Å². The molecule has 2 rings (SSSR count). The average molecular weight is 260 g/mol. The van der Waals surface area contributed by atoms with Crippen LogP contribution < -0.4 is 10.2 Å². The third kappa shape index (κ3) is 4.54. The quantitative estimate of drug-likeness (QED) is 0.869. The number of rotatable bonds is 5. The molecule has 1 aromatic rings. The Balaban J connectivity index is 1.87. The highest BCUT2D eigenvalue weighted by Gasteiger charge is 2.33. The van der Waals surface area contributed by atoms with E-state index in [1.807, 2.05) is 0 Å². The normalized spacial score (nSPS) is 22.4. The fourth-order valence-electron chi connectivity index (χ4n) is 2.35. The molecule has 2 atom stereocenters. The van der Waals surface area contributed by atoms with E-state index in [0.717, 1.165) is 18.4 Å². The lowest BCUT2D eigenvalue weighted by atomic mass is 10.1. The maximum absolute atomic E-state index is 3.52. The van der Waals surface area contributed by atoms with E-state index < -0.39 is 0 Å². The summed E-state index contributed by atoms with van der Waals surface area (Å²) in [6, 6.07) is 8.96. The molecule has 0 spiro atoms. The second kappa shape index (κ2) is 5.54. The van der Waals surface area contributed by atoms with Crippen LogP contribution in [0.1, 0.15) is 39.7 Å². The zero-order valence-electron chi connectivity index (χ0n) is 13.0. The predicted molar refractivity (Wildman–Crippen MR) is 83.6 cm³/mol. The molecule has 0 aliphatic heterocycles. The Morgan fingerprint density at radius 1 is 1.21 bits per heavy atom. The molecule has 0 bridgehead atoms. The number of nitrogens with zero attached hydrogens (tertiary/aromatic N) is 1. The third-order valence-electron chi connectivity index (χ3n) is 3.98. The summed E-state index contributed by atoms with van der Waals surface area (Å²) < 4.78 is 0. The van der Waals surface area contributed by atoms with E-state index >= 15 is 0 Å². The van der Waals surface area contributed by atoms with E-state index in [4.69, 9.17) is 0 Å². The predicted octanol–water partition coefficient (Wildman–Crippen LogP) is 3.67. The van der Waals surface area contributed by atoms with E-state index in [1.165, 1.54) is 24.2 Å². The number of hydrogen-bond acceptors (Lipinski definition) is 2. The molecule has 2 unspecified atom stereocenters. The summed E-state index contributed by atoms with van der Waals surface area (Å²) in [5, 5.41) is 3.52. The zero-order valence-corrected chi connectivity index (χ0v) is 13.0. The molecule has 1 aliphatic carbocycles. The van der Waals surface area contributed by atoms with E-state index in [2.05, 4.69) is 69.2 Å². The fraction of sp³-hybridized carbons (Fsp3) is 0.647. The minimum absolute atomic E-state index is 0.178. The van der Waals surface area contributed by atoms with Crippen LogP contribution in [0, 0.1) is 11.8 Å². The number of benzene rings is 1. The molecule has 1 aliphatic rings. The molecule has 0 radical (unpaired) electrons. The first kappa shape index (κ1) is 14.4. The van der Waals surface area contributed by atoms with E-state index in [9.17, 15) is 0 Å². The summed E-state index contributed by atoms with van der Waals surface area (Å²) in [4.78, 5) is 2.38. The molecule has 0 heterocycles. The molecule has 2 heteroatoms. The number of anilines is 1. The van der Waals surface area contributed by atoms with Gasteiger partial charge in [-0.05, 0) is 56.7 Å². The third-order valence-corrected chi connectivity index (χ3v) is 3.98. The summed E-state index contributed by atoms with van der Waals surface area (Å²) in [5.74, 6) is 1.84. The summed E-state index contributed by atoms with van der Waals surface area (Å²) >= 11 is 0. The van der Waals surface area contributed by atoms with Gasteiger partial charge in [0.05, 0.1) is 0 Å². The van der Waals surface area contributed by atoms with Crippen LogP contribution in [-0.2, 0) is 6.54 Å². The van der Waals surface area contributed by atoms with Crippen molar-refractivity contribution in [2.45, 2.75) is 46.2 Å². The molecule has 1 aromatic carbocycles. The summed E-state index contributed by atoms with van der Waals surface area (Å²) in [5.41, 5.74) is 2.86. The Bertz CT molecular complexity index is 402. The fourth-order valence-corrected chi connectivity index (χ4v) is 2.35. The SMILES string of the molecule is CC1CC1CN(C)c1ccc(CNC(C)(C)C)cc1. The highest BCUT2D eigenvalue weighted by molar-refractivity contribution is 5.47. The van der Waals surface area contributed by atoms with Gasteiger partial charge in [0, 0.05) is 31.4 Å². The maximum atomic E-state index is 3.52. The van der Waals surface area contributed by atoms with Crippen molar-refractivity contribution < 1.29 is 0 Å². The first-order chi connectivity index (χ1) is 8.85. The van der Waals surface area contributed by atoms with Crippen LogP contribution >= 0.6 is 0 Å². The Kier molecular flexibility index (Phi) is 4.19. The molecular weight excluding hydrogens is 232 g/mol. The van der Waals surface area contributed by atoms with Crippen molar-refractivity contribution >= 4 is 5.69 Å². The molecule has 0 aromatic heterocycles. The van der Waals surface area contributed by atoms with Gasteiger partial charge in [0.2, 0.25) is 0 Å². The van der Waals surface area contributed by atoms with Gasteiger partial charge in [0.15, 0.2) is 0 Å². The molecule has 1 N–H and O–H groups in total. The van der Waals surface area contributed by atoms with Crippen molar-refractivity contribution in [2.75, 3.05) is 18.5 Å². The van der Waals surface area contributed by atoms with Gasteiger partial charge in [-0.3, -0.25) is 0 Å². The maximum Gasteiger partial charge on any atom is 0.0363 e. The van der Waals surface area contributed by atoms with Gasteiger partial charge in [-0.25, -0.2) is 0 Å². The van der Waals surface area contributed by atoms with Crippen LogP contribution in [0.15, 0.2) is 24.3 Å². The van der Waals surface area contributed by atoms with Crippen LogP contribution in [0.3, 0.4) is 0 Å². The molecule has 19 heavy (non-hydrogen) atoms. The van der Waals surface area contributed by atoms with E-state index in [0.29, 0.717) is 0 Å². The Hall–Kier alpha value is -1.02. The highest BCUT2D eigenvalue weighted by atomic mass is 15.1. The average Bonchev–Trinajstić information content (AvgIpc) is 3.02. The van der Waals surface area contributed by atoms with Gasteiger partial charge in [-0.15, -0.1) is 0 Å². The number of nitrogens with one attached hydrogen (secondary N) is 1. The summed E-state index contributed by atoms with van der Waals surface area (Å²) in [7, 11) is 2.20. The van der Waals surface area contributed by atoms with Crippen molar-refractivity contribution in [1.29, 1.82) is 0 Å². The smallest absolute Gasteiger partial charge is 0.0363 e. The summed E-state index contributed by atoms with van der Waals surface area (Å²) in [6.07, 6.45) is 1.40. The lowest BCUT2D eigenvalue weighted by Gasteiger charge is -2.22. The molecule has 0 saturated heterocycles. The van der Waals surface area contributed by atoms with Gasteiger partial charge in [0.25, 0.3) is 0 Å². The van der Waals surface area contributed by atoms with Crippen molar-refractivity contribution in [2.24, 2.45) is 11.8 Å². The molecule has 2 nitrogen and oxygen atoms in total. The van der Waals surface area contributed by atoms with Crippen LogP contribution in [0.2, 0.25) is 0 Å². The topological polar surface area (TPSA) is 15.3 Å². The zero-order chi connectivity index (χ0) is 14.0. The molecule has 106 valence electrons. The number of hydrogen-bond donors (Lipinski definition) is 1. The highest BCUT2D eigenvalue weighted by Crippen LogP contribution is 2.38. The van der Waals surface area contributed by atoms with Crippen LogP contribution in [-0.4, -0.2) is 19.1 Å². The van der Waals surface area contributed by atoms with Crippen molar-refractivity contribution in [3.05, 3.63) is 29.8 Å². The summed E-state index contributed by atoms with van der Waals surface area (Å²) in [6.45, 7) is 11.1. The minimum Gasteiger partial charge on any atom is -0.374 e. The standard InChI is InChI=1S/C17H28N2/c1-13-10-15(13)12-19(5)16-8-6-14(7-9-16)11-18-17(2,3)4/h6-9,13,15,18H,10-12H2,1-5H3. The lowest BCUT2D eigenvalue weighted by Crippen LogP contribution is -2.35. The monoisotopic (exact) mass is 260 g/mol. The Morgan fingerprint density at radius 2 is 1.79 bits per heavy atom. The first-order valence-corrected chi connectivity index (χ1v) is 7.40. The van der Waals surface area contributed by atoms with Crippen LogP contribution in [0.4, 0.5) is 5.69 Å². The largest absolute Gasteiger partial charge is 0.374 e. The van der Waals surface area contributed by atoms with E-state index in [1.54, 1.807) is 0 Å². The second-order valence-electron chi connectivity index (χ2n) is 7.12. The first-order valence-electron chi connectivity index (χ1n) is 7.40. The Morgan fingerprint density at radius 3 is 2.26 bits per heavy atom. The van der Waals surface area contributed by atoms with Gasteiger partial charge in [-0.2, -0.15) is 0 Å². The molecule has 0 amide bonds. The van der Waals surface area contributed by atoms with Gasteiger partial charge >= 0.3 is 0 Å². The minimum atomic E-state index is 0.178. The Labute approximate surface area is 118 Å². The van der Waals surface area contributed by atoms with Gasteiger partial charge in [0.1, 0.15) is 0 Å². The van der Waals surface area contributed by atoms with Crippen molar-refractivity contribution in [3.8, 4) is 0 Å².